The zero-order valence-electron chi connectivity index (χ0n) is 11.9. The van der Waals surface area contributed by atoms with Crippen LogP contribution in [0.3, 0.4) is 0 Å². The highest BCUT2D eigenvalue weighted by molar-refractivity contribution is 6.30. The molecule has 1 aliphatic rings. The Morgan fingerprint density at radius 3 is 2.64 bits per heavy atom. The van der Waals surface area contributed by atoms with Gasteiger partial charge in [0.2, 0.25) is 0 Å². The summed E-state index contributed by atoms with van der Waals surface area (Å²) < 4.78 is 14.0. The molecule has 1 N–H and O–H groups in total. The summed E-state index contributed by atoms with van der Waals surface area (Å²) in [5.41, 5.74) is 1.25. The van der Waals surface area contributed by atoms with Gasteiger partial charge in [-0.1, -0.05) is 29.8 Å². The minimum Gasteiger partial charge on any atom is -0.317 e. The van der Waals surface area contributed by atoms with Crippen LogP contribution in [0.15, 0.2) is 48.5 Å². The van der Waals surface area contributed by atoms with Gasteiger partial charge in [0.15, 0.2) is 0 Å². The first-order valence-corrected chi connectivity index (χ1v) is 7.60. The summed E-state index contributed by atoms with van der Waals surface area (Å²) in [6.07, 6.45) is 1.64. The van der Waals surface area contributed by atoms with E-state index in [0.29, 0.717) is 22.8 Å². The van der Waals surface area contributed by atoms with E-state index in [4.69, 9.17) is 11.6 Å². The van der Waals surface area contributed by atoms with Gasteiger partial charge in [0.05, 0.1) is 6.04 Å². The maximum Gasteiger partial charge on any atom is 0.322 e. The Morgan fingerprint density at radius 2 is 1.91 bits per heavy atom. The number of nitrogens with zero attached hydrogens (tertiary/aromatic N) is 1. The number of carbonyl (C=O) groups is 1. The molecule has 0 radical (unpaired) electrons. The second-order valence-electron chi connectivity index (χ2n) is 5.31. The number of benzene rings is 2. The molecule has 0 unspecified atom stereocenters. The Morgan fingerprint density at radius 1 is 1.18 bits per heavy atom. The molecule has 0 aromatic heterocycles. The number of carbonyl (C=O) groups excluding carboxylic acids is 1. The molecule has 3 rings (SSSR count). The standard InChI is InChI=1S/C17H16ClFN2O/c18-12-7-9-13(10-8-12)20-17(22)21-11-3-6-16(21)14-4-1-2-5-15(14)19/h1-2,4-5,7-10,16H,3,6,11H2,(H,20,22)/t16-/m1/s1. The topological polar surface area (TPSA) is 32.3 Å². The van der Waals surface area contributed by atoms with Gasteiger partial charge in [-0.2, -0.15) is 0 Å². The number of anilines is 1. The van der Waals surface area contributed by atoms with Crippen LogP contribution in [-0.2, 0) is 0 Å². The summed E-state index contributed by atoms with van der Waals surface area (Å²) in [5, 5.41) is 3.45. The fraction of sp³-hybridized carbons (Fsp3) is 0.235. The summed E-state index contributed by atoms with van der Waals surface area (Å²) in [5.74, 6) is -0.265. The predicted molar refractivity (Wildman–Crippen MR) is 85.6 cm³/mol. The maximum absolute atomic E-state index is 14.0. The third kappa shape index (κ3) is 3.07. The van der Waals surface area contributed by atoms with E-state index in [1.807, 2.05) is 0 Å². The Bertz CT molecular complexity index is 675. The lowest BCUT2D eigenvalue weighted by Crippen LogP contribution is -2.34. The summed E-state index contributed by atoms with van der Waals surface area (Å²) in [4.78, 5) is 14.1. The van der Waals surface area contributed by atoms with Crippen LogP contribution >= 0.6 is 11.6 Å². The Hall–Kier alpha value is -2.07. The molecule has 0 bridgehead atoms. The lowest BCUT2D eigenvalue weighted by atomic mass is 10.0. The maximum atomic E-state index is 14.0. The fourth-order valence-electron chi connectivity index (χ4n) is 2.81. The van der Waals surface area contributed by atoms with Crippen LogP contribution in [0.1, 0.15) is 24.4 Å². The van der Waals surface area contributed by atoms with Crippen molar-refractivity contribution in [3.63, 3.8) is 0 Å². The van der Waals surface area contributed by atoms with Crippen molar-refractivity contribution in [2.75, 3.05) is 11.9 Å². The number of halogens is 2. The molecule has 2 aromatic rings. The second-order valence-corrected chi connectivity index (χ2v) is 5.75. The van der Waals surface area contributed by atoms with Gasteiger partial charge in [0, 0.05) is 22.8 Å². The number of urea groups is 1. The minimum absolute atomic E-state index is 0.214. The highest BCUT2D eigenvalue weighted by atomic mass is 35.5. The van der Waals surface area contributed by atoms with Crippen molar-refractivity contribution in [3.8, 4) is 0 Å². The summed E-state index contributed by atoms with van der Waals surface area (Å²) >= 11 is 5.83. The largest absolute Gasteiger partial charge is 0.322 e. The second kappa shape index (κ2) is 6.36. The van der Waals surface area contributed by atoms with Crippen molar-refractivity contribution in [1.29, 1.82) is 0 Å². The highest BCUT2D eigenvalue weighted by Crippen LogP contribution is 2.33. The zero-order chi connectivity index (χ0) is 15.5. The van der Waals surface area contributed by atoms with Crippen molar-refractivity contribution >= 4 is 23.3 Å². The molecule has 1 aliphatic heterocycles. The van der Waals surface area contributed by atoms with Gasteiger partial charge in [-0.25, -0.2) is 9.18 Å². The van der Waals surface area contributed by atoms with Crippen molar-refractivity contribution in [3.05, 3.63) is 64.9 Å². The monoisotopic (exact) mass is 318 g/mol. The lowest BCUT2D eigenvalue weighted by molar-refractivity contribution is 0.206. The van der Waals surface area contributed by atoms with Gasteiger partial charge in [-0.15, -0.1) is 0 Å². The number of hydrogen-bond acceptors (Lipinski definition) is 1. The van der Waals surface area contributed by atoms with E-state index in [-0.39, 0.29) is 17.9 Å². The van der Waals surface area contributed by atoms with Crippen LogP contribution < -0.4 is 5.32 Å². The molecular weight excluding hydrogens is 303 g/mol. The first kappa shape index (κ1) is 14.9. The van der Waals surface area contributed by atoms with E-state index in [1.165, 1.54) is 6.07 Å². The number of amides is 2. The van der Waals surface area contributed by atoms with Crippen LogP contribution in [0, 0.1) is 5.82 Å². The quantitative estimate of drug-likeness (QED) is 0.843. The molecule has 1 fully saturated rings. The third-order valence-corrected chi connectivity index (χ3v) is 4.13. The average molecular weight is 319 g/mol. The lowest BCUT2D eigenvalue weighted by Gasteiger charge is -2.25. The van der Waals surface area contributed by atoms with E-state index in [9.17, 15) is 9.18 Å². The first-order valence-electron chi connectivity index (χ1n) is 7.23. The molecule has 1 saturated heterocycles. The van der Waals surface area contributed by atoms with E-state index in [1.54, 1.807) is 47.4 Å². The van der Waals surface area contributed by atoms with E-state index in [2.05, 4.69) is 5.32 Å². The third-order valence-electron chi connectivity index (χ3n) is 3.87. The number of hydrogen-bond donors (Lipinski definition) is 1. The first-order chi connectivity index (χ1) is 10.6. The van der Waals surface area contributed by atoms with Gasteiger partial charge in [-0.3, -0.25) is 0 Å². The minimum atomic E-state index is -0.265. The van der Waals surface area contributed by atoms with Crippen LogP contribution in [0.5, 0.6) is 0 Å². The molecule has 114 valence electrons. The molecule has 0 spiro atoms. The smallest absolute Gasteiger partial charge is 0.317 e. The Labute approximate surface area is 133 Å². The van der Waals surface area contributed by atoms with Gasteiger partial charge in [-0.05, 0) is 43.2 Å². The van der Waals surface area contributed by atoms with Crippen LogP contribution in [0.4, 0.5) is 14.9 Å². The molecule has 2 amide bonds. The number of likely N-dealkylation sites (tertiary alicyclic amines) is 1. The molecule has 1 heterocycles. The van der Waals surface area contributed by atoms with Crippen molar-refractivity contribution in [1.82, 2.24) is 4.90 Å². The fourth-order valence-corrected chi connectivity index (χ4v) is 2.93. The molecule has 22 heavy (non-hydrogen) atoms. The highest BCUT2D eigenvalue weighted by Gasteiger charge is 2.31. The van der Waals surface area contributed by atoms with Crippen molar-refractivity contribution in [2.45, 2.75) is 18.9 Å². The number of rotatable bonds is 2. The van der Waals surface area contributed by atoms with Crippen LogP contribution in [-0.4, -0.2) is 17.5 Å². The van der Waals surface area contributed by atoms with Gasteiger partial charge < -0.3 is 10.2 Å². The SMILES string of the molecule is O=C(Nc1ccc(Cl)cc1)N1CCC[C@@H]1c1ccccc1F. The van der Waals surface area contributed by atoms with Gasteiger partial charge in [0.25, 0.3) is 0 Å². The Balaban J connectivity index is 1.76. The summed E-state index contributed by atoms with van der Waals surface area (Å²) in [6, 6.07) is 13.1. The molecule has 3 nitrogen and oxygen atoms in total. The van der Waals surface area contributed by atoms with E-state index < -0.39 is 0 Å². The van der Waals surface area contributed by atoms with Gasteiger partial charge in [0.1, 0.15) is 5.82 Å². The van der Waals surface area contributed by atoms with Gasteiger partial charge >= 0.3 is 6.03 Å². The molecule has 2 aromatic carbocycles. The van der Waals surface area contributed by atoms with Crippen LogP contribution in [0.25, 0.3) is 0 Å². The molecule has 5 heteroatoms. The van der Waals surface area contributed by atoms with E-state index in [0.717, 1.165) is 12.8 Å². The molecule has 0 saturated carbocycles. The summed E-state index contributed by atoms with van der Waals surface area (Å²) in [7, 11) is 0. The normalized spacial score (nSPS) is 17.5. The number of nitrogens with one attached hydrogen (secondary N) is 1. The van der Waals surface area contributed by atoms with E-state index >= 15 is 0 Å². The predicted octanol–water partition coefficient (Wildman–Crippen LogP) is 4.85. The summed E-state index contributed by atoms with van der Waals surface area (Å²) in [6.45, 7) is 0.623. The molecule has 1 atom stereocenters. The van der Waals surface area contributed by atoms with Crippen LogP contribution in [0.2, 0.25) is 5.02 Å². The molecular formula is C17H16ClFN2O. The Kier molecular flexibility index (Phi) is 4.29. The van der Waals surface area contributed by atoms with Crippen molar-refractivity contribution < 1.29 is 9.18 Å². The zero-order valence-corrected chi connectivity index (χ0v) is 12.7. The van der Waals surface area contributed by atoms with Crippen molar-refractivity contribution in [2.24, 2.45) is 0 Å². The molecule has 0 aliphatic carbocycles. The average Bonchev–Trinajstić information content (AvgIpc) is 2.99.